The molecule has 0 unspecified atom stereocenters. The van der Waals surface area contributed by atoms with Gasteiger partial charge in [0.1, 0.15) is 0 Å². The number of ketones is 1. The largest absolute Gasteiger partial charge is 0.290 e. The van der Waals surface area contributed by atoms with Crippen LogP contribution in [0, 0.1) is 6.92 Å². The summed E-state index contributed by atoms with van der Waals surface area (Å²) < 4.78 is 4.22. The normalized spacial score (nSPS) is 11.2. The lowest BCUT2D eigenvalue weighted by Crippen LogP contribution is -2.31. The molecule has 0 saturated carbocycles. The maximum Gasteiger partial charge on any atom is 0.254 e. The molecular weight excluding hydrogens is 296 g/mol. The van der Waals surface area contributed by atoms with E-state index in [1.165, 1.54) is 0 Å². The minimum atomic E-state index is 0.130. The summed E-state index contributed by atoms with van der Waals surface area (Å²) in [4.78, 5) is 12.8. The molecule has 1 heterocycles. The van der Waals surface area contributed by atoms with Crippen molar-refractivity contribution in [3.63, 3.8) is 0 Å². The van der Waals surface area contributed by atoms with Gasteiger partial charge in [0.25, 0.3) is 5.82 Å². The number of hydrogen-bond acceptors (Lipinski definition) is 1. The van der Waals surface area contributed by atoms with Gasteiger partial charge in [0, 0.05) is 12.5 Å². The van der Waals surface area contributed by atoms with Gasteiger partial charge in [-0.05, 0) is 29.0 Å². The number of imidazole rings is 1. The molecule has 118 valence electrons. The number of aromatic nitrogens is 2. The van der Waals surface area contributed by atoms with E-state index >= 15 is 0 Å². The first-order chi connectivity index (χ1) is 11.6. The molecule has 0 aliphatic rings. The molecule has 0 aliphatic carbocycles. The van der Waals surface area contributed by atoms with E-state index in [-0.39, 0.29) is 5.78 Å². The zero-order valence-electron chi connectivity index (χ0n) is 13.9. The molecule has 1 aromatic heterocycles. The molecule has 0 spiro atoms. The van der Waals surface area contributed by atoms with Crippen molar-refractivity contribution >= 4 is 27.6 Å². The SMILES string of the molecule is Cc1n(CC(=O)c2ccc3ccccc3c2)c2ccccc2[n+]1C. The van der Waals surface area contributed by atoms with Crippen LogP contribution in [0.1, 0.15) is 16.2 Å². The number of carbonyl (C=O) groups is 1. The lowest BCUT2D eigenvalue weighted by Gasteiger charge is -2.03. The molecule has 0 fully saturated rings. The highest BCUT2D eigenvalue weighted by Gasteiger charge is 2.21. The van der Waals surface area contributed by atoms with Gasteiger partial charge < -0.3 is 0 Å². The second-order valence-electron chi connectivity index (χ2n) is 6.17. The maximum atomic E-state index is 12.8. The molecule has 3 nitrogen and oxygen atoms in total. The van der Waals surface area contributed by atoms with Crippen LogP contribution in [0.25, 0.3) is 21.8 Å². The Morgan fingerprint density at radius 1 is 0.958 bits per heavy atom. The summed E-state index contributed by atoms with van der Waals surface area (Å²) >= 11 is 0. The summed E-state index contributed by atoms with van der Waals surface area (Å²) in [6, 6.07) is 22.2. The van der Waals surface area contributed by atoms with Gasteiger partial charge in [0.05, 0.1) is 7.05 Å². The summed E-state index contributed by atoms with van der Waals surface area (Å²) in [5.41, 5.74) is 2.99. The summed E-state index contributed by atoms with van der Waals surface area (Å²) in [6.07, 6.45) is 0. The van der Waals surface area contributed by atoms with E-state index < -0.39 is 0 Å². The van der Waals surface area contributed by atoms with E-state index in [9.17, 15) is 4.79 Å². The summed E-state index contributed by atoms with van der Waals surface area (Å²) in [5, 5.41) is 2.26. The van der Waals surface area contributed by atoms with E-state index in [2.05, 4.69) is 27.3 Å². The fourth-order valence-electron chi connectivity index (χ4n) is 3.30. The van der Waals surface area contributed by atoms with E-state index in [0.717, 1.165) is 33.2 Å². The number of nitrogens with zero attached hydrogens (tertiary/aromatic N) is 2. The highest BCUT2D eigenvalue weighted by molar-refractivity contribution is 6.00. The second kappa shape index (κ2) is 5.60. The first kappa shape index (κ1) is 14.6. The van der Waals surface area contributed by atoms with Crippen molar-refractivity contribution in [3.8, 4) is 0 Å². The van der Waals surface area contributed by atoms with Crippen LogP contribution < -0.4 is 4.57 Å². The molecule has 3 aromatic carbocycles. The number of Topliss-reactive ketones (excluding diaryl/α,β-unsaturated/α-hetero) is 1. The second-order valence-corrected chi connectivity index (χ2v) is 6.17. The van der Waals surface area contributed by atoms with E-state index in [4.69, 9.17) is 0 Å². The fraction of sp³-hybridized carbons (Fsp3) is 0.143. The predicted octanol–water partition coefficient (Wildman–Crippen LogP) is 3.81. The standard InChI is InChI=1S/C21H19N2O/c1-15-22(2)19-9-5-6-10-20(19)23(15)14-21(24)18-12-11-16-7-3-4-8-17(16)13-18/h3-13H,14H2,1-2H3/q+1. The monoisotopic (exact) mass is 315 g/mol. The molecule has 4 aromatic rings. The van der Waals surface area contributed by atoms with Gasteiger partial charge in [-0.15, -0.1) is 0 Å². The number of para-hydroxylation sites is 2. The molecule has 0 N–H and O–H groups in total. The molecule has 4 rings (SSSR count). The van der Waals surface area contributed by atoms with Gasteiger partial charge in [0.15, 0.2) is 17.6 Å². The van der Waals surface area contributed by atoms with Crippen LogP contribution in [0.15, 0.2) is 66.7 Å². The Kier molecular flexibility index (Phi) is 3.42. The quantitative estimate of drug-likeness (QED) is 0.417. The predicted molar refractivity (Wildman–Crippen MR) is 96.1 cm³/mol. The first-order valence-corrected chi connectivity index (χ1v) is 8.11. The van der Waals surface area contributed by atoms with Crippen LogP contribution in [0.3, 0.4) is 0 Å². The maximum absolute atomic E-state index is 12.8. The number of hydrogen-bond donors (Lipinski definition) is 0. The summed E-state index contributed by atoms with van der Waals surface area (Å²) in [7, 11) is 2.04. The van der Waals surface area contributed by atoms with Crippen LogP contribution in [-0.4, -0.2) is 10.4 Å². The Morgan fingerprint density at radius 2 is 1.67 bits per heavy atom. The fourth-order valence-corrected chi connectivity index (χ4v) is 3.30. The van der Waals surface area contributed by atoms with Gasteiger partial charge in [0.2, 0.25) is 5.78 Å². The summed E-state index contributed by atoms with van der Waals surface area (Å²) in [5.74, 6) is 1.20. The lowest BCUT2D eigenvalue weighted by atomic mass is 10.0. The lowest BCUT2D eigenvalue weighted by molar-refractivity contribution is -0.652. The molecule has 0 atom stereocenters. The van der Waals surface area contributed by atoms with Crippen molar-refractivity contribution in [3.05, 3.63) is 78.1 Å². The third-order valence-electron chi connectivity index (χ3n) is 4.78. The average Bonchev–Trinajstić information content (AvgIpc) is 2.86. The molecule has 0 aliphatic heterocycles. The Balaban J connectivity index is 1.74. The number of aryl methyl sites for hydroxylation is 1. The van der Waals surface area contributed by atoms with Gasteiger partial charge in [-0.1, -0.05) is 48.5 Å². The van der Waals surface area contributed by atoms with Gasteiger partial charge in [-0.2, -0.15) is 0 Å². The smallest absolute Gasteiger partial charge is 0.254 e. The van der Waals surface area contributed by atoms with Crippen molar-refractivity contribution in [2.45, 2.75) is 13.5 Å². The van der Waals surface area contributed by atoms with Crippen molar-refractivity contribution in [1.29, 1.82) is 0 Å². The van der Waals surface area contributed by atoms with Crippen LogP contribution in [0.2, 0.25) is 0 Å². The van der Waals surface area contributed by atoms with E-state index in [0.29, 0.717) is 6.54 Å². The zero-order valence-corrected chi connectivity index (χ0v) is 13.9. The highest BCUT2D eigenvalue weighted by Crippen LogP contribution is 2.18. The average molecular weight is 315 g/mol. The molecule has 0 amide bonds. The van der Waals surface area contributed by atoms with Crippen molar-refractivity contribution in [1.82, 2.24) is 4.57 Å². The van der Waals surface area contributed by atoms with E-state index in [1.54, 1.807) is 0 Å². The van der Waals surface area contributed by atoms with Gasteiger partial charge in [-0.25, -0.2) is 9.13 Å². The van der Waals surface area contributed by atoms with Gasteiger partial charge in [-0.3, -0.25) is 4.79 Å². The number of carbonyl (C=O) groups excluding carboxylic acids is 1. The third-order valence-corrected chi connectivity index (χ3v) is 4.78. The Hall–Kier alpha value is -2.94. The molecule has 0 bridgehead atoms. The third kappa shape index (κ3) is 2.29. The van der Waals surface area contributed by atoms with Crippen molar-refractivity contribution in [2.24, 2.45) is 7.05 Å². The Morgan fingerprint density at radius 3 is 2.50 bits per heavy atom. The minimum absolute atomic E-state index is 0.130. The number of rotatable bonds is 3. The minimum Gasteiger partial charge on any atom is -0.290 e. The van der Waals surface area contributed by atoms with Crippen LogP contribution >= 0.6 is 0 Å². The van der Waals surface area contributed by atoms with Gasteiger partial charge >= 0.3 is 0 Å². The number of benzene rings is 3. The zero-order chi connectivity index (χ0) is 16.7. The Bertz CT molecular complexity index is 1080. The molecule has 0 saturated heterocycles. The molecule has 3 heteroatoms. The van der Waals surface area contributed by atoms with Crippen LogP contribution in [0.5, 0.6) is 0 Å². The molecule has 0 radical (unpaired) electrons. The van der Waals surface area contributed by atoms with Crippen molar-refractivity contribution < 1.29 is 9.36 Å². The van der Waals surface area contributed by atoms with Crippen molar-refractivity contribution in [2.75, 3.05) is 0 Å². The Labute approximate surface area is 140 Å². The topological polar surface area (TPSA) is 25.9 Å². The first-order valence-electron chi connectivity index (χ1n) is 8.11. The number of fused-ring (bicyclic) bond motifs is 2. The highest BCUT2D eigenvalue weighted by atomic mass is 16.1. The van der Waals surface area contributed by atoms with E-state index in [1.807, 2.05) is 62.5 Å². The molecule has 24 heavy (non-hydrogen) atoms. The summed E-state index contributed by atoms with van der Waals surface area (Å²) in [6.45, 7) is 2.40. The van der Waals surface area contributed by atoms with Crippen LogP contribution in [0.4, 0.5) is 0 Å². The molecular formula is C21H19N2O+. The van der Waals surface area contributed by atoms with Crippen LogP contribution in [-0.2, 0) is 13.6 Å².